The zero-order chi connectivity index (χ0) is 8.85. The Bertz CT molecular complexity index is 128. The van der Waals surface area contributed by atoms with Crippen LogP contribution in [0.2, 0.25) is 0 Å². The fourth-order valence-electron chi connectivity index (χ4n) is 0.410. The van der Waals surface area contributed by atoms with Crippen LogP contribution in [-0.2, 0) is 9.53 Å². The van der Waals surface area contributed by atoms with Gasteiger partial charge in [0.15, 0.2) is 0 Å². The van der Waals surface area contributed by atoms with Crippen LogP contribution in [0.15, 0.2) is 0 Å². The third-order valence-corrected chi connectivity index (χ3v) is 2.79. The van der Waals surface area contributed by atoms with Crippen molar-refractivity contribution in [3.63, 3.8) is 0 Å². The van der Waals surface area contributed by atoms with Crippen LogP contribution in [0.3, 0.4) is 0 Å². The number of hydrogen-bond acceptors (Lipinski definition) is 4. The van der Waals surface area contributed by atoms with Crippen molar-refractivity contribution in [2.24, 2.45) is 5.73 Å². The number of rotatable bonds is 4. The highest BCUT2D eigenvalue weighted by Gasteiger charge is 2.10. The quantitative estimate of drug-likeness (QED) is 0.640. The predicted octanol–water partition coefficient (Wildman–Crippen LogP) is 0.628. The van der Waals surface area contributed by atoms with Gasteiger partial charge in [-0.05, 0) is 6.92 Å². The average Bonchev–Trinajstić information content (AvgIpc) is 1.99. The van der Waals surface area contributed by atoms with Crippen molar-refractivity contribution < 1.29 is 9.53 Å². The minimum atomic E-state index is -0.192. The van der Waals surface area contributed by atoms with E-state index >= 15 is 0 Å². The summed E-state index contributed by atoms with van der Waals surface area (Å²) in [6, 6.07) is 0.115. The number of carbonyl (C=O) groups excluding carboxylic acids is 1. The van der Waals surface area contributed by atoms with Crippen molar-refractivity contribution in [3.05, 3.63) is 0 Å². The molecule has 4 heteroatoms. The summed E-state index contributed by atoms with van der Waals surface area (Å²) in [4.78, 5) is 10.7. The predicted molar refractivity (Wildman–Crippen MR) is 47.6 cm³/mol. The number of carbonyl (C=O) groups is 1. The van der Waals surface area contributed by atoms with Crippen molar-refractivity contribution in [1.29, 1.82) is 0 Å². The molecule has 0 fully saturated rings. The first-order chi connectivity index (χ1) is 5.07. The van der Waals surface area contributed by atoms with E-state index in [1.165, 1.54) is 18.9 Å². The number of ether oxygens (including phenoxy) is 1. The van der Waals surface area contributed by atoms with Crippen molar-refractivity contribution in [3.8, 4) is 0 Å². The summed E-state index contributed by atoms with van der Waals surface area (Å²) in [6.45, 7) is 3.92. The Balaban J connectivity index is 3.45. The molecule has 0 aromatic heterocycles. The van der Waals surface area contributed by atoms with E-state index in [1.807, 2.05) is 13.8 Å². The molecule has 0 aromatic carbocycles. The van der Waals surface area contributed by atoms with Crippen molar-refractivity contribution in [2.75, 3.05) is 12.9 Å². The van der Waals surface area contributed by atoms with E-state index in [4.69, 9.17) is 5.73 Å². The highest BCUT2D eigenvalue weighted by atomic mass is 32.2. The fraction of sp³-hybridized carbons (Fsp3) is 0.857. The summed E-state index contributed by atoms with van der Waals surface area (Å²) >= 11 is 1.52. The van der Waals surface area contributed by atoms with E-state index in [0.29, 0.717) is 11.0 Å². The summed E-state index contributed by atoms with van der Waals surface area (Å²) in [5.74, 6) is 0.196. The first kappa shape index (κ1) is 10.8. The summed E-state index contributed by atoms with van der Waals surface area (Å²) in [7, 11) is 1.39. The second kappa shape index (κ2) is 5.43. The van der Waals surface area contributed by atoms with Gasteiger partial charge in [-0.15, -0.1) is 11.8 Å². The van der Waals surface area contributed by atoms with Gasteiger partial charge < -0.3 is 10.5 Å². The molecule has 0 amide bonds. The molecule has 0 aliphatic carbocycles. The highest BCUT2D eigenvalue weighted by Crippen LogP contribution is 2.12. The van der Waals surface area contributed by atoms with Gasteiger partial charge in [0, 0.05) is 11.3 Å². The maximum atomic E-state index is 10.7. The molecule has 0 aliphatic heterocycles. The van der Waals surface area contributed by atoms with E-state index in [2.05, 4.69) is 4.74 Å². The van der Waals surface area contributed by atoms with Gasteiger partial charge in [-0.3, -0.25) is 4.79 Å². The highest BCUT2D eigenvalue weighted by molar-refractivity contribution is 8.00. The molecule has 2 N–H and O–H groups in total. The molecular weight excluding hydrogens is 162 g/mol. The molecule has 11 heavy (non-hydrogen) atoms. The summed E-state index contributed by atoms with van der Waals surface area (Å²) in [5.41, 5.74) is 5.59. The van der Waals surface area contributed by atoms with E-state index < -0.39 is 0 Å². The van der Waals surface area contributed by atoms with Gasteiger partial charge in [-0.2, -0.15) is 0 Å². The average molecular weight is 177 g/mol. The smallest absolute Gasteiger partial charge is 0.315 e. The fourth-order valence-corrected chi connectivity index (χ4v) is 1.23. The molecule has 0 aromatic rings. The van der Waals surface area contributed by atoms with Gasteiger partial charge in [-0.25, -0.2) is 0 Å². The molecule has 0 heterocycles. The van der Waals surface area contributed by atoms with E-state index in [1.54, 1.807) is 0 Å². The van der Waals surface area contributed by atoms with Crippen LogP contribution in [0.5, 0.6) is 0 Å². The minimum absolute atomic E-state index is 0.115. The number of methoxy groups -OCH3 is 1. The maximum Gasteiger partial charge on any atom is 0.315 e. The minimum Gasteiger partial charge on any atom is -0.468 e. The molecule has 0 spiro atoms. The molecule has 0 bridgehead atoms. The molecule has 0 saturated carbocycles. The number of hydrogen-bond donors (Lipinski definition) is 1. The second-order valence-corrected chi connectivity index (χ2v) is 3.82. The lowest BCUT2D eigenvalue weighted by molar-refractivity contribution is -0.137. The number of esters is 1. The van der Waals surface area contributed by atoms with Crippen LogP contribution >= 0.6 is 11.8 Å². The molecule has 0 radical (unpaired) electrons. The van der Waals surface area contributed by atoms with E-state index in [9.17, 15) is 4.79 Å². The SMILES string of the molecule is COC(=O)CSC(C)C(C)N. The van der Waals surface area contributed by atoms with Crippen molar-refractivity contribution in [1.82, 2.24) is 0 Å². The zero-order valence-electron chi connectivity index (χ0n) is 7.16. The molecule has 0 saturated heterocycles. The van der Waals surface area contributed by atoms with Crippen LogP contribution in [-0.4, -0.2) is 30.1 Å². The van der Waals surface area contributed by atoms with Gasteiger partial charge in [0.1, 0.15) is 0 Å². The van der Waals surface area contributed by atoms with Gasteiger partial charge in [-0.1, -0.05) is 6.92 Å². The van der Waals surface area contributed by atoms with Gasteiger partial charge in [0.05, 0.1) is 12.9 Å². The van der Waals surface area contributed by atoms with Crippen LogP contribution in [0.4, 0.5) is 0 Å². The molecule has 0 aliphatic rings. The first-order valence-corrected chi connectivity index (χ1v) is 4.56. The van der Waals surface area contributed by atoms with Gasteiger partial charge >= 0.3 is 5.97 Å². The second-order valence-electron chi connectivity index (χ2n) is 2.45. The monoisotopic (exact) mass is 177 g/mol. The molecule has 66 valence electrons. The summed E-state index contributed by atoms with van der Waals surface area (Å²) in [6.07, 6.45) is 0. The first-order valence-electron chi connectivity index (χ1n) is 3.52. The van der Waals surface area contributed by atoms with Crippen molar-refractivity contribution >= 4 is 17.7 Å². The van der Waals surface area contributed by atoms with Crippen LogP contribution in [0.25, 0.3) is 0 Å². The van der Waals surface area contributed by atoms with Gasteiger partial charge in [0.25, 0.3) is 0 Å². The third-order valence-electron chi connectivity index (χ3n) is 1.43. The number of nitrogens with two attached hydrogens (primary N) is 1. The van der Waals surface area contributed by atoms with E-state index in [-0.39, 0.29) is 12.0 Å². The van der Waals surface area contributed by atoms with Crippen LogP contribution in [0, 0.1) is 0 Å². The molecule has 0 rings (SSSR count). The molecule has 2 unspecified atom stereocenters. The lowest BCUT2D eigenvalue weighted by atomic mass is 10.3. The standard InChI is InChI=1S/C7H15NO2S/c1-5(8)6(2)11-4-7(9)10-3/h5-6H,4,8H2,1-3H3. The lowest BCUT2D eigenvalue weighted by Crippen LogP contribution is -2.27. The Hall–Kier alpha value is -0.220. The molecule has 3 nitrogen and oxygen atoms in total. The Morgan fingerprint density at radius 2 is 2.18 bits per heavy atom. The Morgan fingerprint density at radius 3 is 2.55 bits per heavy atom. The van der Waals surface area contributed by atoms with E-state index in [0.717, 1.165) is 0 Å². The number of thioether (sulfide) groups is 1. The zero-order valence-corrected chi connectivity index (χ0v) is 7.98. The topological polar surface area (TPSA) is 52.3 Å². The molecular formula is C7H15NO2S. The Labute approximate surface area is 71.7 Å². The summed E-state index contributed by atoms with van der Waals surface area (Å²) < 4.78 is 4.48. The Morgan fingerprint density at radius 1 is 1.64 bits per heavy atom. The lowest BCUT2D eigenvalue weighted by Gasteiger charge is -2.13. The molecule has 2 atom stereocenters. The maximum absolute atomic E-state index is 10.7. The van der Waals surface area contributed by atoms with Crippen molar-refractivity contribution in [2.45, 2.75) is 25.1 Å². The largest absolute Gasteiger partial charge is 0.468 e. The van der Waals surface area contributed by atoms with Crippen LogP contribution < -0.4 is 5.73 Å². The van der Waals surface area contributed by atoms with Crippen LogP contribution in [0.1, 0.15) is 13.8 Å². The third kappa shape index (κ3) is 5.09. The Kier molecular flexibility index (Phi) is 5.32. The normalized spacial score (nSPS) is 15.6. The summed E-state index contributed by atoms with van der Waals surface area (Å²) in [5, 5.41) is 0.300. The van der Waals surface area contributed by atoms with Gasteiger partial charge in [0.2, 0.25) is 0 Å².